The van der Waals surface area contributed by atoms with Gasteiger partial charge in [0.1, 0.15) is 22.9 Å². The second-order valence-corrected chi connectivity index (χ2v) is 6.73. The number of ether oxygens (including phenoxy) is 3. The molecule has 2 aromatic carbocycles. The number of rotatable bonds is 7. The van der Waals surface area contributed by atoms with E-state index < -0.39 is 0 Å². The lowest BCUT2D eigenvalue weighted by atomic mass is 10.2. The van der Waals surface area contributed by atoms with Crippen molar-refractivity contribution in [2.75, 3.05) is 30.5 Å². The third-order valence-corrected chi connectivity index (χ3v) is 4.69. The van der Waals surface area contributed by atoms with Gasteiger partial charge in [0, 0.05) is 19.2 Å². The van der Waals surface area contributed by atoms with Crippen LogP contribution in [0.2, 0.25) is 0 Å². The number of hydrogen-bond donors (Lipinski definition) is 1. The van der Waals surface area contributed by atoms with Gasteiger partial charge < -0.3 is 24.4 Å². The van der Waals surface area contributed by atoms with Crippen LogP contribution in [0.3, 0.4) is 0 Å². The van der Waals surface area contributed by atoms with E-state index in [1.54, 1.807) is 66.7 Å². The van der Waals surface area contributed by atoms with Crippen LogP contribution >= 0.6 is 0 Å². The zero-order chi connectivity index (χ0) is 21.6. The molecule has 1 aliphatic heterocycles. The first-order valence-corrected chi connectivity index (χ1v) is 9.73. The zero-order valence-corrected chi connectivity index (χ0v) is 16.9. The first-order chi connectivity index (χ1) is 15.1. The zero-order valence-electron chi connectivity index (χ0n) is 16.9. The minimum atomic E-state index is -0.260. The lowest BCUT2D eigenvalue weighted by molar-refractivity contribution is -0.121. The van der Waals surface area contributed by atoms with Crippen LogP contribution in [0.4, 0.5) is 11.4 Å². The highest BCUT2D eigenvalue weighted by molar-refractivity contribution is 5.99. The van der Waals surface area contributed by atoms with Gasteiger partial charge in [0.15, 0.2) is 6.61 Å². The molecule has 2 amide bonds. The maximum atomic E-state index is 12.6. The fourth-order valence-corrected chi connectivity index (χ4v) is 3.15. The van der Waals surface area contributed by atoms with Gasteiger partial charge in [-0.15, -0.1) is 0 Å². The van der Waals surface area contributed by atoms with Crippen molar-refractivity contribution < 1.29 is 23.8 Å². The Hall–Kier alpha value is -4.07. The van der Waals surface area contributed by atoms with Gasteiger partial charge in [-0.05, 0) is 48.5 Å². The summed E-state index contributed by atoms with van der Waals surface area (Å²) >= 11 is 0. The molecule has 1 aliphatic rings. The first-order valence-electron chi connectivity index (χ1n) is 9.73. The van der Waals surface area contributed by atoms with Gasteiger partial charge in [-0.3, -0.25) is 9.59 Å². The average molecular weight is 419 g/mol. The van der Waals surface area contributed by atoms with E-state index in [4.69, 9.17) is 14.2 Å². The van der Waals surface area contributed by atoms with Crippen LogP contribution in [0.25, 0.3) is 0 Å². The highest BCUT2D eigenvalue weighted by Crippen LogP contribution is 2.32. The Balaban J connectivity index is 1.41. The Morgan fingerprint density at radius 1 is 1.10 bits per heavy atom. The molecule has 1 N–H and O–H groups in total. The summed E-state index contributed by atoms with van der Waals surface area (Å²) in [5.74, 6) is 1.73. The van der Waals surface area contributed by atoms with Gasteiger partial charge in [-0.1, -0.05) is 12.1 Å². The number of pyridine rings is 1. The molecule has 4 rings (SSSR count). The fourth-order valence-electron chi connectivity index (χ4n) is 3.15. The molecule has 158 valence electrons. The summed E-state index contributed by atoms with van der Waals surface area (Å²) in [7, 11) is 1.59. The topological polar surface area (TPSA) is 90.0 Å². The van der Waals surface area contributed by atoms with Crippen molar-refractivity contribution in [1.82, 2.24) is 4.98 Å². The lowest BCUT2D eigenvalue weighted by Crippen LogP contribution is -2.40. The minimum absolute atomic E-state index is 0.0406. The summed E-state index contributed by atoms with van der Waals surface area (Å²) in [5.41, 5.74) is 1.11. The number of nitrogens with zero attached hydrogens (tertiary/aromatic N) is 2. The maximum Gasteiger partial charge on any atom is 0.265 e. The molecule has 0 aliphatic carbocycles. The van der Waals surface area contributed by atoms with E-state index in [0.29, 0.717) is 28.6 Å². The highest BCUT2D eigenvalue weighted by Gasteiger charge is 2.25. The standard InChI is InChI=1S/C23H21N3O5/c1-29-16-8-10-17(11-9-16)31-23-18(5-4-13-24-23)25-21(27)12-14-26-19-6-2-3-7-20(19)30-15-22(26)28/h2-11,13H,12,14-15H2,1H3,(H,25,27). The van der Waals surface area contributed by atoms with Crippen molar-refractivity contribution in [1.29, 1.82) is 0 Å². The first kappa shape index (κ1) is 20.2. The van der Waals surface area contributed by atoms with Gasteiger partial charge in [0.05, 0.1) is 12.8 Å². The summed E-state index contributed by atoms with van der Waals surface area (Å²) in [6.07, 6.45) is 1.69. The van der Waals surface area contributed by atoms with Crippen molar-refractivity contribution >= 4 is 23.2 Å². The Bertz CT molecular complexity index is 1080. The summed E-state index contributed by atoms with van der Waals surface area (Å²) in [6.45, 7) is 0.195. The lowest BCUT2D eigenvalue weighted by Gasteiger charge is -2.29. The second-order valence-electron chi connectivity index (χ2n) is 6.73. The molecule has 0 fully saturated rings. The molecular formula is C23H21N3O5. The third-order valence-electron chi connectivity index (χ3n) is 4.69. The molecule has 0 radical (unpaired) electrons. The molecule has 0 spiro atoms. The van der Waals surface area contributed by atoms with Crippen LogP contribution in [0.1, 0.15) is 6.42 Å². The molecule has 0 saturated carbocycles. The predicted molar refractivity (Wildman–Crippen MR) is 115 cm³/mol. The van der Waals surface area contributed by atoms with E-state index in [0.717, 1.165) is 0 Å². The Labute approximate surface area is 179 Å². The number of anilines is 2. The van der Waals surface area contributed by atoms with Crippen molar-refractivity contribution in [2.24, 2.45) is 0 Å². The fraction of sp³-hybridized carbons (Fsp3) is 0.174. The second kappa shape index (κ2) is 9.17. The monoisotopic (exact) mass is 419 g/mol. The molecule has 0 bridgehead atoms. The minimum Gasteiger partial charge on any atom is -0.497 e. The van der Waals surface area contributed by atoms with Gasteiger partial charge in [-0.2, -0.15) is 0 Å². The number of aromatic nitrogens is 1. The Morgan fingerprint density at radius 3 is 2.68 bits per heavy atom. The van der Waals surface area contributed by atoms with E-state index in [1.165, 1.54) is 0 Å². The molecule has 3 aromatic rings. The maximum absolute atomic E-state index is 12.6. The smallest absolute Gasteiger partial charge is 0.265 e. The predicted octanol–water partition coefficient (Wildman–Crippen LogP) is 3.64. The molecular weight excluding hydrogens is 398 g/mol. The number of methoxy groups -OCH3 is 1. The summed E-state index contributed by atoms with van der Waals surface area (Å²) in [5, 5.41) is 2.81. The van der Waals surface area contributed by atoms with Crippen LogP contribution in [0, 0.1) is 0 Å². The largest absolute Gasteiger partial charge is 0.497 e. The molecule has 8 nitrogen and oxygen atoms in total. The van der Waals surface area contributed by atoms with E-state index in [9.17, 15) is 9.59 Å². The summed E-state index contributed by atoms with van der Waals surface area (Å²) in [6, 6.07) is 17.7. The summed E-state index contributed by atoms with van der Waals surface area (Å²) in [4.78, 5) is 30.6. The number of carbonyl (C=O) groups excluding carboxylic acids is 2. The number of amides is 2. The highest BCUT2D eigenvalue weighted by atomic mass is 16.5. The summed E-state index contributed by atoms with van der Waals surface area (Å²) < 4.78 is 16.4. The molecule has 8 heteroatoms. The van der Waals surface area contributed by atoms with Crippen LogP contribution in [0.5, 0.6) is 23.1 Å². The quantitative estimate of drug-likeness (QED) is 0.629. The van der Waals surface area contributed by atoms with Crippen LogP contribution in [0.15, 0.2) is 66.9 Å². The number of benzene rings is 2. The number of hydrogen-bond acceptors (Lipinski definition) is 6. The van der Waals surface area contributed by atoms with Gasteiger partial charge >= 0.3 is 0 Å². The Kier molecular flexibility index (Phi) is 5.98. The number of carbonyl (C=O) groups is 2. The van der Waals surface area contributed by atoms with Crippen LogP contribution in [-0.2, 0) is 9.59 Å². The van der Waals surface area contributed by atoms with Gasteiger partial charge in [-0.25, -0.2) is 4.98 Å². The number of para-hydroxylation sites is 2. The van der Waals surface area contributed by atoms with Crippen molar-refractivity contribution in [3.8, 4) is 23.1 Å². The van der Waals surface area contributed by atoms with Crippen molar-refractivity contribution in [3.63, 3.8) is 0 Å². The Morgan fingerprint density at radius 2 is 1.87 bits per heavy atom. The van der Waals surface area contributed by atoms with E-state index >= 15 is 0 Å². The van der Waals surface area contributed by atoms with Crippen LogP contribution in [-0.4, -0.2) is 37.1 Å². The average Bonchev–Trinajstić information content (AvgIpc) is 2.80. The number of fused-ring (bicyclic) bond motifs is 1. The molecule has 0 saturated heterocycles. The molecule has 0 unspecified atom stereocenters. The van der Waals surface area contributed by atoms with E-state index in [1.807, 2.05) is 12.1 Å². The van der Waals surface area contributed by atoms with Crippen molar-refractivity contribution in [2.45, 2.75) is 6.42 Å². The van der Waals surface area contributed by atoms with E-state index in [2.05, 4.69) is 10.3 Å². The molecule has 31 heavy (non-hydrogen) atoms. The third kappa shape index (κ3) is 4.75. The normalized spacial score (nSPS) is 12.5. The number of nitrogens with one attached hydrogen (secondary N) is 1. The molecule has 2 heterocycles. The SMILES string of the molecule is COc1ccc(Oc2ncccc2NC(=O)CCN2C(=O)COc3ccccc32)cc1. The van der Waals surface area contributed by atoms with E-state index in [-0.39, 0.29) is 37.3 Å². The molecule has 1 aromatic heterocycles. The van der Waals surface area contributed by atoms with Crippen LogP contribution < -0.4 is 24.4 Å². The van der Waals surface area contributed by atoms with Gasteiger partial charge in [0.25, 0.3) is 5.91 Å². The van der Waals surface area contributed by atoms with Gasteiger partial charge in [0.2, 0.25) is 11.8 Å². The molecule has 0 atom stereocenters. The van der Waals surface area contributed by atoms with Crippen molar-refractivity contribution in [3.05, 3.63) is 66.9 Å².